The first-order valence-corrected chi connectivity index (χ1v) is 26.9. The average Bonchev–Trinajstić information content (AvgIpc) is 3.29. The van der Waals surface area contributed by atoms with E-state index in [4.69, 9.17) is 34.5 Å². The molecule has 15 heteroatoms. The molecule has 0 rings (SSSR count). The van der Waals surface area contributed by atoms with Crippen LogP contribution >= 0.6 is 7.82 Å². The molecule has 0 radical (unpaired) electrons. The maximum Gasteiger partial charge on any atom is 0.474 e. The van der Waals surface area contributed by atoms with Crippen molar-refractivity contribution in [2.24, 2.45) is 11.5 Å². The van der Waals surface area contributed by atoms with Gasteiger partial charge in [-0.2, -0.15) is 0 Å². The minimum atomic E-state index is -4.12. The third-order valence-electron chi connectivity index (χ3n) is 10.8. The molecule has 14 nitrogen and oxygen atoms in total. The molecule has 0 aromatic heterocycles. The number of phosphoric ester groups is 1. The van der Waals surface area contributed by atoms with Crippen LogP contribution in [0.1, 0.15) is 194 Å². The van der Waals surface area contributed by atoms with Gasteiger partial charge in [0.1, 0.15) is 6.61 Å². The zero-order valence-corrected chi connectivity index (χ0v) is 41.8. The molecule has 0 aromatic carbocycles. The van der Waals surface area contributed by atoms with Crippen molar-refractivity contribution in [2.45, 2.75) is 206 Å². The second-order valence-electron chi connectivity index (χ2n) is 16.8. The van der Waals surface area contributed by atoms with Gasteiger partial charge in [0.05, 0.1) is 19.3 Å². The Kier molecular flexibility index (Phi) is 45.7. The summed E-state index contributed by atoms with van der Waals surface area (Å²) in [5, 5.41) is 9.41. The van der Waals surface area contributed by atoms with Gasteiger partial charge in [0.15, 0.2) is 6.10 Å². The van der Waals surface area contributed by atoms with Crippen molar-refractivity contribution in [3.8, 4) is 0 Å². The first-order chi connectivity index (χ1) is 31.2. The minimum Gasteiger partial charge on any atom is -0.462 e. The van der Waals surface area contributed by atoms with Crippen LogP contribution in [0.4, 0.5) is 0 Å². The van der Waals surface area contributed by atoms with Crippen molar-refractivity contribution >= 4 is 25.7 Å². The third kappa shape index (κ3) is 41.3. The largest absolute Gasteiger partial charge is 0.474 e. The monoisotopic (exact) mass is 930 g/mol. The summed E-state index contributed by atoms with van der Waals surface area (Å²) in [4.78, 5) is 38.6. The van der Waals surface area contributed by atoms with E-state index in [0.29, 0.717) is 38.9 Å². The first-order valence-electron chi connectivity index (χ1n) is 25.5. The van der Waals surface area contributed by atoms with Crippen LogP contribution in [0.2, 0.25) is 0 Å². The van der Waals surface area contributed by atoms with Gasteiger partial charge in [0.2, 0.25) is 5.91 Å². The number of carbonyl (C=O) groups excluding carboxylic acids is 3. The molecule has 0 fully saturated rings. The molecule has 0 heterocycles. The molecular weight excluding hydrogens is 834 g/mol. The van der Waals surface area contributed by atoms with Gasteiger partial charge >= 0.3 is 19.8 Å². The van der Waals surface area contributed by atoms with E-state index in [1.807, 2.05) is 0 Å². The summed E-state index contributed by atoms with van der Waals surface area (Å²) >= 11 is 0. The standard InChI is InChI=1S/C49H96N5O9P/c1-4-6-8-10-12-14-16-18-20-22-24-26-28-34-47(55)60-43-45(63-48(56)35-29-27-25-23-21-19-17-15-13-11-9-7-5-2)44-62-64(58,59-3)61-42-41-54-49(57)46(53-40-32-37-51)33-30-38-52-39-31-36-50/h14-17,45-46,52-53H,4-13,18-44,50-51H2,1-3H3,(H,54,57)/b16-14-,17-15-. The van der Waals surface area contributed by atoms with Crippen LogP contribution in [0.25, 0.3) is 0 Å². The van der Waals surface area contributed by atoms with Gasteiger partial charge in [-0.15, -0.1) is 0 Å². The highest BCUT2D eigenvalue weighted by molar-refractivity contribution is 7.48. The molecule has 0 aliphatic heterocycles. The fourth-order valence-electron chi connectivity index (χ4n) is 6.85. The van der Waals surface area contributed by atoms with Gasteiger partial charge in [0, 0.05) is 26.5 Å². The maximum atomic E-state index is 13.4. The van der Waals surface area contributed by atoms with E-state index in [2.05, 4.69) is 54.1 Å². The summed E-state index contributed by atoms with van der Waals surface area (Å²) in [7, 11) is -2.92. The molecule has 0 aliphatic rings. The fourth-order valence-corrected chi connectivity index (χ4v) is 7.80. The van der Waals surface area contributed by atoms with Crippen molar-refractivity contribution in [3.05, 3.63) is 24.3 Å². The summed E-state index contributed by atoms with van der Waals surface area (Å²) in [5.74, 6) is -1.04. The molecule has 64 heavy (non-hydrogen) atoms. The van der Waals surface area contributed by atoms with Crippen molar-refractivity contribution < 1.29 is 42.0 Å². The van der Waals surface area contributed by atoms with Crippen LogP contribution < -0.4 is 27.4 Å². The van der Waals surface area contributed by atoms with Crippen molar-refractivity contribution in [2.75, 3.05) is 66.2 Å². The zero-order chi connectivity index (χ0) is 47.0. The number of nitrogens with two attached hydrogens (primary N) is 2. The average molecular weight is 930 g/mol. The zero-order valence-electron chi connectivity index (χ0n) is 40.9. The summed E-state index contributed by atoms with van der Waals surface area (Å²) in [6.07, 6.45) is 36.3. The lowest BCUT2D eigenvalue weighted by atomic mass is 10.1. The number of rotatable bonds is 49. The molecule has 3 unspecified atom stereocenters. The van der Waals surface area contributed by atoms with Crippen LogP contribution in [0, 0.1) is 0 Å². The molecule has 376 valence electrons. The Morgan fingerprint density at radius 2 is 1.08 bits per heavy atom. The van der Waals surface area contributed by atoms with Crippen LogP contribution in [0.15, 0.2) is 24.3 Å². The summed E-state index contributed by atoms with van der Waals surface area (Å²) < 4.78 is 40.8. The van der Waals surface area contributed by atoms with Crippen LogP contribution in [-0.4, -0.2) is 96.2 Å². The number of nitrogens with one attached hydrogen (secondary N) is 3. The van der Waals surface area contributed by atoms with Gasteiger partial charge in [-0.1, -0.05) is 115 Å². The second-order valence-corrected chi connectivity index (χ2v) is 18.6. The van der Waals surface area contributed by atoms with Crippen LogP contribution in [-0.2, 0) is 42.0 Å². The number of allylic oxidation sites excluding steroid dienone is 4. The summed E-state index contributed by atoms with van der Waals surface area (Å²) in [6.45, 7) is 7.09. The number of ether oxygens (including phenoxy) is 2. The number of hydrogen-bond acceptors (Lipinski definition) is 13. The number of esters is 2. The Morgan fingerprint density at radius 3 is 1.62 bits per heavy atom. The number of carbonyl (C=O) groups is 3. The highest BCUT2D eigenvalue weighted by Crippen LogP contribution is 2.48. The van der Waals surface area contributed by atoms with Crippen molar-refractivity contribution in [3.63, 3.8) is 0 Å². The predicted molar refractivity (Wildman–Crippen MR) is 262 cm³/mol. The van der Waals surface area contributed by atoms with E-state index in [1.165, 1.54) is 58.5 Å². The molecule has 0 aromatic rings. The minimum absolute atomic E-state index is 0.0570. The third-order valence-corrected chi connectivity index (χ3v) is 12.2. The van der Waals surface area contributed by atoms with E-state index in [1.54, 1.807) is 0 Å². The molecule has 0 aliphatic carbocycles. The molecule has 0 saturated heterocycles. The van der Waals surface area contributed by atoms with Gasteiger partial charge in [-0.3, -0.25) is 28.0 Å². The lowest BCUT2D eigenvalue weighted by Gasteiger charge is -2.22. The molecule has 0 spiro atoms. The summed E-state index contributed by atoms with van der Waals surface area (Å²) in [5.41, 5.74) is 11.2. The molecular formula is C49H96N5O9P. The van der Waals surface area contributed by atoms with Gasteiger partial charge in [0.25, 0.3) is 0 Å². The topological polar surface area (TPSA) is 203 Å². The van der Waals surface area contributed by atoms with E-state index in [0.717, 1.165) is 109 Å². The molecule has 3 atom stereocenters. The normalized spacial score (nSPS) is 13.6. The Bertz CT molecular complexity index is 1200. The number of unbranched alkanes of at least 4 members (excludes halogenated alkanes) is 18. The van der Waals surface area contributed by atoms with Gasteiger partial charge < -0.3 is 36.9 Å². The highest BCUT2D eigenvalue weighted by atomic mass is 31.2. The quantitative estimate of drug-likeness (QED) is 0.0167. The molecule has 0 bridgehead atoms. The lowest BCUT2D eigenvalue weighted by molar-refractivity contribution is -0.161. The van der Waals surface area contributed by atoms with Crippen LogP contribution in [0.3, 0.4) is 0 Å². The van der Waals surface area contributed by atoms with E-state index in [-0.39, 0.29) is 51.1 Å². The smallest absolute Gasteiger partial charge is 0.462 e. The number of phosphoric acid groups is 1. The Morgan fingerprint density at radius 1 is 0.578 bits per heavy atom. The van der Waals surface area contributed by atoms with E-state index < -0.39 is 25.9 Å². The predicted octanol–water partition coefficient (Wildman–Crippen LogP) is 9.89. The Balaban J connectivity index is 4.96. The SMILES string of the molecule is CCCCCC/C=C\CCCCCCCC(=O)OCC(COP(=O)(OC)OCCNC(=O)C(CCCNCCCN)NCCCN)OC(=O)CCCCCCC/C=C\CCCCCC. The van der Waals surface area contributed by atoms with Crippen molar-refractivity contribution in [1.82, 2.24) is 16.0 Å². The van der Waals surface area contributed by atoms with E-state index in [9.17, 15) is 18.9 Å². The highest BCUT2D eigenvalue weighted by Gasteiger charge is 2.29. The molecule has 0 saturated carbocycles. The lowest BCUT2D eigenvalue weighted by Crippen LogP contribution is -2.46. The fraction of sp³-hybridized carbons (Fsp3) is 0.857. The first kappa shape index (κ1) is 61.8. The van der Waals surface area contributed by atoms with Gasteiger partial charge in [-0.05, 0) is 123 Å². The maximum absolute atomic E-state index is 13.4. The molecule has 1 amide bonds. The second kappa shape index (κ2) is 47.3. The van der Waals surface area contributed by atoms with Crippen molar-refractivity contribution in [1.29, 1.82) is 0 Å². The molecule has 7 N–H and O–H groups in total. The Hall–Kier alpha value is -2.16. The number of amides is 1. The number of hydrogen-bond donors (Lipinski definition) is 5. The summed E-state index contributed by atoms with van der Waals surface area (Å²) in [6, 6.07) is -0.425. The van der Waals surface area contributed by atoms with Gasteiger partial charge in [-0.25, -0.2) is 4.57 Å². The Labute approximate surface area is 390 Å². The van der Waals surface area contributed by atoms with E-state index >= 15 is 0 Å². The van der Waals surface area contributed by atoms with Crippen LogP contribution in [0.5, 0.6) is 0 Å².